The monoisotopic (exact) mass is 416 g/mol. The van der Waals surface area contributed by atoms with Crippen molar-refractivity contribution in [2.45, 2.75) is 18.7 Å². The van der Waals surface area contributed by atoms with Gasteiger partial charge in [-0.1, -0.05) is 32.0 Å². The maximum Gasteiger partial charge on any atom is 0.349 e. The lowest BCUT2D eigenvalue weighted by molar-refractivity contribution is 0.102. The van der Waals surface area contributed by atoms with Gasteiger partial charge in [0.25, 0.3) is 5.91 Å². The zero-order valence-electron chi connectivity index (χ0n) is 15.9. The largest absolute Gasteiger partial charge is 0.506 e. The van der Waals surface area contributed by atoms with Crippen LogP contribution in [0.3, 0.4) is 0 Å². The summed E-state index contributed by atoms with van der Waals surface area (Å²) in [6.07, 6.45) is 0. The fourth-order valence-electron chi connectivity index (χ4n) is 2.90. The molecule has 2 aromatic carbocycles. The van der Waals surface area contributed by atoms with E-state index in [0.29, 0.717) is 11.0 Å². The van der Waals surface area contributed by atoms with Crippen LogP contribution in [0.5, 0.6) is 5.75 Å². The predicted octanol–water partition coefficient (Wildman–Crippen LogP) is 2.78. The van der Waals surface area contributed by atoms with Crippen molar-refractivity contribution in [1.82, 2.24) is 4.31 Å². The van der Waals surface area contributed by atoms with Crippen molar-refractivity contribution in [1.29, 1.82) is 0 Å². The van der Waals surface area contributed by atoms with Crippen molar-refractivity contribution in [2.24, 2.45) is 0 Å². The van der Waals surface area contributed by atoms with Gasteiger partial charge in [0, 0.05) is 18.5 Å². The average molecular weight is 416 g/mol. The average Bonchev–Trinajstić information content (AvgIpc) is 2.69. The highest BCUT2D eigenvalue weighted by molar-refractivity contribution is 7.89. The fraction of sp³-hybridized carbons (Fsp3) is 0.200. The number of rotatable bonds is 6. The minimum absolute atomic E-state index is 0.0835. The number of benzene rings is 2. The Morgan fingerprint density at radius 3 is 2.48 bits per heavy atom. The van der Waals surface area contributed by atoms with Gasteiger partial charge in [-0.2, -0.15) is 4.31 Å². The Bertz CT molecular complexity index is 1230. The maximum atomic E-state index is 12.7. The second-order valence-electron chi connectivity index (χ2n) is 6.21. The third-order valence-corrected chi connectivity index (χ3v) is 6.49. The lowest BCUT2D eigenvalue weighted by Gasteiger charge is -2.19. The van der Waals surface area contributed by atoms with Crippen molar-refractivity contribution in [3.05, 3.63) is 64.5 Å². The Hall–Kier alpha value is -3.17. The van der Waals surface area contributed by atoms with Crippen LogP contribution < -0.4 is 10.9 Å². The number of amides is 1. The molecular formula is C20H20N2O6S. The van der Waals surface area contributed by atoms with E-state index in [0.717, 1.165) is 6.07 Å². The highest BCUT2D eigenvalue weighted by Crippen LogP contribution is 2.28. The van der Waals surface area contributed by atoms with Crippen molar-refractivity contribution in [2.75, 3.05) is 18.4 Å². The number of nitrogens with one attached hydrogen (secondary N) is 1. The summed E-state index contributed by atoms with van der Waals surface area (Å²) in [4.78, 5) is 24.7. The van der Waals surface area contributed by atoms with Crippen LogP contribution in [0.1, 0.15) is 24.2 Å². The molecule has 29 heavy (non-hydrogen) atoms. The van der Waals surface area contributed by atoms with Crippen LogP contribution in [0.4, 0.5) is 5.69 Å². The molecule has 1 amide bonds. The number of para-hydroxylation sites is 1. The summed E-state index contributed by atoms with van der Waals surface area (Å²) in [5.41, 5.74) is -0.896. The molecule has 8 nitrogen and oxygen atoms in total. The van der Waals surface area contributed by atoms with Gasteiger partial charge >= 0.3 is 5.63 Å². The van der Waals surface area contributed by atoms with Gasteiger partial charge in [-0.05, 0) is 30.3 Å². The van der Waals surface area contributed by atoms with Crippen LogP contribution >= 0.6 is 0 Å². The molecule has 0 radical (unpaired) electrons. The number of carbonyl (C=O) groups is 1. The Balaban J connectivity index is 1.97. The van der Waals surface area contributed by atoms with E-state index in [4.69, 9.17) is 4.42 Å². The maximum absolute atomic E-state index is 12.7. The van der Waals surface area contributed by atoms with Crippen LogP contribution in [-0.2, 0) is 10.0 Å². The number of phenolic OH excluding ortho intramolecular Hbond substituents is 1. The molecule has 0 bridgehead atoms. The molecule has 9 heteroatoms. The number of fused-ring (bicyclic) bond motifs is 1. The topological polar surface area (TPSA) is 117 Å². The lowest BCUT2D eigenvalue weighted by Crippen LogP contribution is -2.30. The molecule has 152 valence electrons. The Kier molecular flexibility index (Phi) is 5.71. The number of nitrogens with zero attached hydrogens (tertiary/aromatic N) is 1. The van der Waals surface area contributed by atoms with E-state index in [-0.39, 0.29) is 35.0 Å². The van der Waals surface area contributed by atoms with E-state index in [9.17, 15) is 23.1 Å². The zero-order chi connectivity index (χ0) is 21.2. The number of hydrogen-bond acceptors (Lipinski definition) is 6. The second-order valence-corrected chi connectivity index (χ2v) is 8.15. The molecule has 0 saturated heterocycles. The quantitative estimate of drug-likeness (QED) is 0.471. The minimum atomic E-state index is -3.79. The van der Waals surface area contributed by atoms with E-state index < -0.39 is 21.6 Å². The summed E-state index contributed by atoms with van der Waals surface area (Å²) in [7, 11) is -3.79. The number of sulfonamides is 1. The Morgan fingerprint density at radius 1 is 1.10 bits per heavy atom. The summed E-state index contributed by atoms with van der Waals surface area (Å²) in [6.45, 7) is 3.98. The van der Waals surface area contributed by atoms with Crippen LogP contribution in [0.2, 0.25) is 0 Å². The smallest absolute Gasteiger partial charge is 0.349 e. The molecular weight excluding hydrogens is 396 g/mol. The van der Waals surface area contributed by atoms with Crippen LogP contribution in [0.25, 0.3) is 11.0 Å². The first-order valence-electron chi connectivity index (χ1n) is 8.95. The van der Waals surface area contributed by atoms with Gasteiger partial charge in [-0.25, -0.2) is 13.2 Å². The van der Waals surface area contributed by atoms with Gasteiger partial charge in [0.2, 0.25) is 10.0 Å². The van der Waals surface area contributed by atoms with Gasteiger partial charge in [0.15, 0.2) is 0 Å². The van der Waals surface area contributed by atoms with Crippen molar-refractivity contribution in [3.8, 4) is 5.75 Å². The second kappa shape index (κ2) is 8.06. The number of carbonyl (C=O) groups excluding carboxylic acids is 1. The van der Waals surface area contributed by atoms with Gasteiger partial charge in [0.05, 0.1) is 10.6 Å². The van der Waals surface area contributed by atoms with E-state index in [2.05, 4.69) is 5.32 Å². The van der Waals surface area contributed by atoms with Crippen LogP contribution in [0, 0.1) is 0 Å². The summed E-state index contributed by atoms with van der Waals surface area (Å²) in [5.74, 6) is -1.15. The number of hydrogen-bond donors (Lipinski definition) is 2. The van der Waals surface area contributed by atoms with Crippen LogP contribution in [-0.4, -0.2) is 36.8 Å². The fourth-order valence-corrected chi connectivity index (χ4v) is 4.38. The predicted molar refractivity (Wildman–Crippen MR) is 109 cm³/mol. The van der Waals surface area contributed by atoms with Crippen molar-refractivity contribution < 1.29 is 22.7 Å². The van der Waals surface area contributed by atoms with Gasteiger partial charge in [-0.3, -0.25) is 4.79 Å². The Morgan fingerprint density at radius 2 is 1.79 bits per heavy atom. The number of phenols is 1. The number of anilines is 1. The molecule has 0 atom stereocenters. The molecule has 0 aliphatic rings. The van der Waals surface area contributed by atoms with Gasteiger partial charge in [-0.15, -0.1) is 0 Å². The molecule has 1 aromatic heterocycles. The standard InChI is InChI=1S/C20H20N2O6S/c1-3-22(4-2)29(26,27)14-9-10-17(23)16(12-14)21-19(24)15-11-13-7-5-6-8-18(13)28-20(15)25/h5-12,23H,3-4H2,1-2H3,(H,21,24). The minimum Gasteiger partial charge on any atom is -0.506 e. The van der Waals surface area contributed by atoms with E-state index in [1.54, 1.807) is 38.1 Å². The SMILES string of the molecule is CCN(CC)S(=O)(=O)c1ccc(O)c(NC(=O)c2cc3ccccc3oc2=O)c1. The van der Waals surface area contributed by atoms with Crippen LogP contribution in [0.15, 0.2) is 62.6 Å². The van der Waals surface area contributed by atoms with Gasteiger partial charge < -0.3 is 14.8 Å². The van der Waals surface area contributed by atoms with Crippen molar-refractivity contribution in [3.63, 3.8) is 0 Å². The summed E-state index contributed by atoms with van der Waals surface area (Å²) in [6, 6.07) is 11.7. The van der Waals surface area contributed by atoms with E-state index in [1.807, 2.05) is 0 Å². The normalized spacial score (nSPS) is 11.7. The molecule has 1 heterocycles. The molecule has 0 unspecified atom stereocenters. The van der Waals surface area contributed by atoms with Crippen molar-refractivity contribution >= 4 is 32.6 Å². The highest BCUT2D eigenvalue weighted by atomic mass is 32.2. The first-order chi connectivity index (χ1) is 13.8. The van der Waals surface area contributed by atoms with E-state index in [1.165, 1.54) is 22.5 Å². The third kappa shape index (κ3) is 4.01. The first kappa shape index (κ1) is 20.6. The molecule has 3 rings (SSSR count). The van der Waals surface area contributed by atoms with Gasteiger partial charge in [0.1, 0.15) is 16.9 Å². The summed E-state index contributed by atoms with van der Waals surface area (Å²) < 4.78 is 31.8. The molecule has 0 spiro atoms. The first-order valence-corrected chi connectivity index (χ1v) is 10.4. The third-order valence-electron chi connectivity index (χ3n) is 4.45. The molecule has 0 aliphatic heterocycles. The van der Waals surface area contributed by atoms with E-state index >= 15 is 0 Å². The lowest BCUT2D eigenvalue weighted by atomic mass is 10.1. The zero-order valence-corrected chi connectivity index (χ0v) is 16.7. The molecule has 0 fully saturated rings. The molecule has 0 saturated carbocycles. The number of aromatic hydroxyl groups is 1. The highest BCUT2D eigenvalue weighted by Gasteiger charge is 2.23. The molecule has 3 aromatic rings. The summed E-state index contributed by atoms with van der Waals surface area (Å²) >= 11 is 0. The Labute approximate surface area is 167 Å². The summed E-state index contributed by atoms with van der Waals surface area (Å²) in [5, 5.41) is 13.0. The molecule has 0 aliphatic carbocycles. The molecule has 2 N–H and O–H groups in total.